The maximum atomic E-state index is 10.3. The van der Waals surface area contributed by atoms with Gasteiger partial charge < -0.3 is 14.4 Å². The van der Waals surface area contributed by atoms with Crippen LogP contribution < -0.4 is 4.29 Å². The molecule has 10 heavy (non-hydrogen) atoms. The van der Waals surface area contributed by atoms with Gasteiger partial charge in [-0.3, -0.25) is 0 Å². The van der Waals surface area contributed by atoms with E-state index in [-0.39, 0.29) is 11.4 Å². The van der Waals surface area contributed by atoms with Crippen molar-refractivity contribution in [2.24, 2.45) is 0 Å². The Morgan fingerprint density at radius 3 is 2.90 bits per heavy atom. The number of carboxylic acid groups (broad SMARTS) is 1. The average Bonchev–Trinajstić information content (AvgIpc) is 2.33. The molecule has 0 saturated carbocycles. The molecule has 0 spiro atoms. The van der Waals surface area contributed by atoms with E-state index in [1.54, 1.807) is 0 Å². The van der Waals surface area contributed by atoms with Crippen LogP contribution in [0.15, 0.2) is 12.3 Å². The van der Waals surface area contributed by atoms with E-state index in [0.717, 1.165) is 0 Å². The molecule has 0 aliphatic heterocycles. The van der Waals surface area contributed by atoms with E-state index < -0.39 is 5.97 Å². The fourth-order valence-corrected chi connectivity index (χ4v) is 0.715. The van der Waals surface area contributed by atoms with Crippen molar-refractivity contribution in [1.29, 1.82) is 0 Å². The first-order valence-corrected chi connectivity index (χ1v) is 2.76. The molecule has 0 saturated heterocycles. The molecule has 1 heterocycles. The second-order valence-electron chi connectivity index (χ2n) is 1.60. The molecule has 0 unspecified atom stereocenters. The molecule has 0 amide bonds. The second kappa shape index (κ2) is 2.62. The molecule has 54 valence electrons. The lowest BCUT2D eigenvalue weighted by molar-refractivity contribution is 0.0689. The van der Waals surface area contributed by atoms with Crippen molar-refractivity contribution in [3.63, 3.8) is 0 Å². The lowest BCUT2D eigenvalue weighted by Gasteiger charge is -1.91. The largest absolute Gasteiger partial charge is 0.476 e. The third-order valence-corrected chi connectivity index (χ3v) is 1.17. The van der Waals surface area contributed by atoms with Gasteiger partial charge in [0.15, 0.2) is 11.4 Å². The zero-order valence-corrected chi connectivity index (χ0v) is 5.55. The Hall–Kier alpha value is -1.16. The van der Waals surface area contributed by atoms with Crippen LogP contribution in [0.4, 0.5) is 0 Å². The van der Waals surface area contributed by atoms with E-state index in [2.05, 4.69) is 9.27 Å². The minimum atomic E-state index is -1.10. The Labute approximate surface area is 61.6 Å². The van der Waals surface area contributed by atoms with E-state index in [9.17, 15) is 4.79 Å². The standard InChI is InChI=1S/C5H4ClNO3/c6-10-3-1-2-7-4(3)5(8)9/h1-2,7H,(H,8,9). The number of carboxylic acids is 1. The molecule has 0 aliphatic rings. The lowest BCUT2D eigenvalue weighted by Crippen LogP contribution is -1.97. The first-order chi connectivity index (χ1) is 4.75. The van der Waals surface area contributed by atoms with Crippen LogP contribution in [0.2, 0.25) is 0 Å². The summed E-state index contributed by atoms with van der Waals surface area (Å²) in [6.45, 7) is 0. The van der Waals surface area contributed by atoms with Gasteiger partial charge in [-0.2, -0.15) is 0 Å². The van der Waals surface area contributed by atoms with E-state index in [1.165, 1.54) is 12.3 Å². The number of hydrogen-bond donors (Lipinski definition) is 2. The quantitative estimate of drug-likeness (QED) is 0.686. The van der Waals surface area contributed by atoms with Crippen molar-refractivity contribution in [3.8, 4) is 5.75 Å². The van der Waals surface area contributed by atoms with Gasteiger partial charge in [0.25, 0.3) is 0 Å². The summed E-state index contributed by atoms with van der Waals surface area (Å²) in [6.07, 6.45) is 1.43. The number of aromatic nitrogens is 1. The SMILES string of the molecule is O=C(O)c1[nH]ccc1OCl. The predicted molar refractivity (Wildman–Crippen MR) is 34.2 cm³/mol. The van der Waals surface area contributed by atoms with Crippen LogP contribution in [0.3, 0.4) is 0 Å². The molecule has 0 bridgehead atoms. The third-order valence-electron chi connectivity index (χ3n) is 1.01. The molecule has 4 nitrogen and oxygen atoms in total. The number of carbonyl (C=O) groups is 1. The first-order valence-electron chi connectivity index (χ1n) is 2.45. The monoisotopic (exact) mass is 161 g/mol. The van der Waals surface area contributed by atoms with Crippen molar-refractivity contribution in [1.82, 2.24) is 4.98 Å². The average molecular weight is 162 g/mol. The molecular formula is C5H4ClNO3. The van der Waals surface area contributed by atoms with Crippen molar-refractivity contribution >= 4 is 17.8 Å². The molecule has 1 aromatic rings. The molecule has 0 radical (unpaired) electrons. The van der Waals surface area contributed by atoms with Gasteiger partial charge in [0, 0.05) is 12.3 Å². The smallest absolute Gasteiger partial charge is 0.356 e. The van der Waals surface area contributed by atoms with Crippen molar-refractivity contribution in [2.75, 3.05) is 0 Å². The number of halogens is 1. The van der Waals surface area contributed by atoms with E-state index >= 15 is 0 Å². The van der Waals surface area contributed by atoms with Crippen LogP contribution in [0.25, 0.3) is 0 Å². The molecule has 0 fully saturated rings. The van der Waals surface area contributed by atoms with Gasteiger partial charge in [0.1, 0.15) is 11.9 Å². The fourth-order valence-electron chi connectivity index (χ4n) is 0.587. The third kappa shape index (κ3) is 1.06. The van der Waals surface area contributed by atoms with Crippen LogP contribution in [0.1, 0.15) is 10.5 Å². The summed E-state index contributed by atoms with van der Waals surface area (Å²) in [4.78, 5) is 12.7. The summed E-state index contributed by atoms with van der Waals surface area (Å²) >= 11 is 4.93. The summed E-state index contributed by atoms with van der Waals surface area (Å²) in [5.74, 6) is -0.977. The highest BCUT2D eigenvalue weighted by molar-refractivity contribution is 6.09. The summed E-state index contributed by atoms with van der Waals surface area (Å²) in [5.41, 5.74) is -0.0463. The zero-order valence-electron chi connectivity index (χ0n) is 4.80. The van der Waals surface area contributed by atoms with Crippen molar-refractivity contribution in [2.45, 2.75) is 0 Å². The summed E-state index contributed by atoms with van der Waals surface area (Å²) in [5, 5.41) is 8.42. The highest BCUT2D eigenvalue weighted by atomic mass is 35.5. The van der Waals surface area contributed by atoms with Crippen LogP contribution in [-0.4, -0.2) is 16.1 Å². The van der Waals surface area contributed by atoms with Gasteiger partial charge in [-0.1, -0.05) is 0 Å². The Morgan fingerprint density at radius 2 is 2.50 bits per heavy atom. The number of hydrogen-bond acceptors (Lipinski definition) is 2. The zero-order chi connectivity index (χ0) is 7.56. The van der Waals surface area contributed by atoms with Gasteiger partial charge >= 0.3 is 5.97 Å². The van der Waals surface area contributed by atoms with Gasteiger partial charge in [0.05, 0.1) is 0 Å². The highest BCUT2D eigenvalue weighted by Gasteiger charge is 2.11. The summed E-state index contributed by atoms with van der Waals surface area (Å²) < 4.78 is 4.21. The van der Waals surface area contributed by atoms with Crippen molar-refractivity contribution < 1.29 is 14.2 Å². The molecule has 5 heteroatoms. The molecule has 0 aromatic carbocycles. The number of rotatable bonds is 2. The predicted octanol–water partition coefficient (Wildman–Crippen LogP) is 1.25. The Morgan fingerprint density at radius 1 is 1.80 bits per heavy atom. The number of aromatic carboxylic acids is 1. The maximum absolute atomic E-state index is 10.3. The molecule has 0 aliphatic carbocycles. The Balaban J connectivity index is 3.01. The van der Waals surface area contributed by atoms with E-state index in [0.29, 0.717) is 0 Å². The number of nitrogens with one attached hydrogen (secondary N) is 1. The molecule has 1 rings (SSSR count). The van der Waals surface area contributed by atoms with Crippen molar-refractivity contribution in [3.05, 3.63) is 18.0 Å². The van der Waals surface area contributed by atoms with Crippen LogP contribution >= 0.6 is 11.9 Å². The van der Waals surface area contributed by atoms with E-state index in [1.807, 2.05) is 0 Å². The van der Waals surface area contributed by atoms with Gasteiger partial charge in [-0.05, 0) is 0 Å². The van der Waals surface area contributed by atoms with Gasteiger partial charge in [0.2, 0.25) is 0 Å². The van der Waals surface area contributed by atoms with Gasteiger partial charge in [-0.25, -0.2) is 4.79 Å². The maximum Gasteiger partial charge on any atom is 0.356 e. The second-order valence-corrected chi connectivity index (χ2v) is 1.75. The molecule has 0 atom stereocenters. The minimum Gasteiger partial charge on any atom is -0.476 e. The molecule has 1 aromatic heterocycles. The Bertz CT molecular complexity index is 245. The van der Waals surface area contributed by atoms with Crippen LogP contribution in [0, 0.1) is 0 Å². The van der Waals surface area contributed by atoms with Crippen LogP contribution in [-0.2, 0) is 0 Å². The minimum absolute atomic E-state index is 0.0463. The fraction of sp³-hybridized carbons (Fsp3) is 0. The first kappa shape index (κ1) is 6.95. The summed E-state index contributed by atoms with van der Waals surface area (Å²) in [6, 6.07) is 1.43. The highest BCUT2D eigenvalue weighted by Crippen LogP contribution is 2.16. The number of aromatic amines is 1. The topological polar surface area (TPSA) is 62.3 Å². The molecule has 2 N–H and O–H groups in total. The lowest BCUT2D eigenvalue weighted by atomic mass is 10.4. The molecular weight excluding hydrogens is 158 g/mol. The normalized spacial score (nSPS) is 9.30. The summed E-state index contributed by atoms with van der Waals surface area (Å²) in [7, 11) is 0. The van der Waals surface area contributed by atoms with Gasteiger partial charge in [-0.15, -0.1) is 0 Å². The van der Waals surface area contributed by atoms with E-state index in [4.69, 9.17) is 17.0 Å². The van der Waals surface area contributed by atoms with Crippen LogP contribution in [0.5, 0.6) is 5.75 Å². The number of H-pyrrole nitrogens is 1. The Kier molecular flexibility index (Phi) is 1.82.